The molecular weight excluding hydrogens is 168 g/mol. The van der Waals surface area contributed by atoms with Gasteiger partial charge in [0.05, 0.1) is 6.61 Å². The number of hydrogen-bond acceptors (Lipinski definition) is 3. The third-order valence-corrected chi connectivity index (χ3v) is 1.48. The van der Waals surface area contributed by atoms with Crippen molar-refractivity contribution in [1.29, 1.82) is 0 Å². The van der Waals surface area contributed by atoms with Crippen LogP contribution in [0.1, 0.15) is 6.42 Å². The highest BCUT2D eigenvalue weighted by atomic mass is 19.3. The van der Waals surface area contributed by atoms with E-state index in [1.807, 2.05) is 0 Å². The molecule has 1 unspecified atom stereocenters. The van der Waals surface area contributed by atoms with Gasteiger partial charge < -0.3 is 15.2 Å². The predicted octanol–water partition coefficient (Wildman–Crippen LogP) is 0.238. The number of halogens is 2. The van der Waals surface area contributed by atoms with E-state index in [0.717, 1.165) is 0 Å². The lowest BCUT2D eigenvalue weighted by atomic mass is 10.2. The third kappa shape index (κ3) is 6.45. The summed E-state index contributed by atoms with van der Waals surface area (Å²) in [5.74, 6) is 0. The summed E-state index contributed by atoms with van der Waals surface area (Å²) in [5.41, 5.74) is 0. The zero-order chi connectivity index (χ0) is 9.40. The van der Waals surface area contributed by atoms with E-state index in [-0.39, 0.29) is 19.3 Å². The van der Waals surface area contributed by atoms with Gasteiger partial charge in [0.1, 0.15) is 6.61 Å². The minimum Gasteiger partial charge on any atom is -0.395 e. The Labute approximate surface area is 70.7 Å². The molecule has 1 atom stereocenters. The van der Waals surface area contributed by atoms with Gasteiger partial charge in [-0.25, -0.2) is 8.78 Å². The first kappa shape index (κ1) is 11.7. The Hall–Kier alpha value is -0.260. The Balaban J connectivity index is 3.17. The van der Waals surface area contributed by atoms with Gasteiger partial charge in [0.15, 0.2) is 0 Å². The molecule has 0 saturated heterocycles. The number of aliphatic hydroxyl groups is 1. The monoisotopic (exact) mass is 183 g/mol. The Morgan fingerprint density at radius 2 is 2.17 bits per heavy atom. The molecule has 0 bridgehead atoms. The Kier molecular flexibility index (Phi) is 7.23. The molecule has 0 aliphatic rings. The molecule has 0 aromatic heterocycles. The number of nitrogens with one attached hydrogen (secondary N) is 1. The molecule has 0 fully saturated rings. The van der Waals surface area contributed by atoms with Gasteiger partial charge >= 0.3 is 0 Å². The number of likely N-dealkylation sites (N-methyl/N-ethyl adjacent to an activating group) is 1. The van der Waals surface area contributed by atoms with Crippen molar-refractivity contribution >= 4 is 0 Å². The van der Waals surface area contributed by atoms with Crippen molar-refractivity contribution in [3.63, 3.8) is 0 Å². The van der Waals surface area contributed by atoms with Gasteiger partial charge in [-0.3, -0.25) is 0 Å². The van der Waals surface area contributed by atoms with Crippen molar-refractivity contribution in [3.05, 3.63) is 0 Å². The van der Waals surface area contributed by atoms with Crippen LogP contribution in [0.15, 0.2) is 0 Å². The van der Waals surface area contributed by atoms with Crippen LogP contribution >= 0.6 is 0 Å². The van der Waals surface area contributed by atoms with Gasteiger partial charge in [0, 0.05) is 12.6 Å². The molecule has 0 radical (unpaired) electrons. The Bertz CT molecular complexity index is 99.4. The normalized spacial score (nSPS) is 13.8. The smallest absolute Gasteiger partial charge is 0.261 e. The van der Waals surface area contributed by atoms with Gasteiger partial charge in [0.2, 0.25) is 0 Å². The molecule has 5 heteroatoms. The minimum absolute atomic E-state index is 0.00542. The topological polar surface area (TPSA) is 41.5 Å². The van der Waals surface area contributed by atoms with E-state index in [2.05, 4.69) is 10.1 Å². The van der Waals surface area contributed by atoms with Crippen molar-refractivity contribution in [3.8, 4) is 0 Å². The largest absolute Gasteiger partial charge is 0.395 e. The number of rotatable bonds is 7. The summed E-state index contributed by atoms with van der Waals surface area (Å²) in [6.45, 7) is -0.285. The molecule has 74 valence electrons. The van der Waals surface area contributed by atoms with Gasteiger partial charge in [-0.05, 0) is 13.5 Å². The second-order valence-electron chi connectivity index (χ2n) is 2.42. The molecule has 0 rings (SSSR count). The van der Waals surface area contributed by atoms with Gasteiger partial charge in [-0.2, -0.15) is 0 Å². The first-order chi connectivity index (χ1) is 5.70. The number of aliphatic hydroxyl groups excluding tert-OH is 1. The van der Waals surface area contributed by atoms with Crippen molar-refractivity contribution in [2.24, 2.45) is 0 Å². The van der Waals surface area contributed by atoms with E-state index >= 15 is 0 Å². The van der Waals surface area contributed by atoms with E-state index in [4.69, 9.17) is 5.11 Å². The highest BCUT2D eigenvalue weighted by molar-refractivity contribution is 4.60. The zero-order valence-electron chi connectivity index (χ0n) is 7.09. The molecule has 0 aromatic carbocycles. The lowest BCUT2D eigenvalue weighted by Crippen LogP contribution is -2.30. The van der Waals surface area contributed by atoms with Gasteiger partial charge in [0.25, 0.3) is 6.43 Å². The molecule has 3 nitrogen and oxygen atoms in total. The first-order valence-electron chi connectivity index (χ1n) is 3.84. The van der Waals surface area contributed by atoms with Crippen LogP contribution in [0.3, 0.4) is 0 Å². The van der Waals surface area contributed by atoms with Crippen LogP contribution in [-0.2, 0) is 4.74 Å². The van der Waals surface area contributed by atoms with Crippen LogP contribution < -0.4 is 5.32 Å². The van der Waals surface area contributed by atoms with E-state index in [0.29, 0.717) is 6.42 Å². The highest BCUT2D eigenvalue weighted by Gasteiger charge is 2.05. The van der Waals surface area contributed by atoms with E-state index in [1.54, 1.807) is 7.05 Å². The maximum atomic E-state index is 11.5. The molecule has 0 spiro atoms. The molecule has 0 saturated carbocycles. The minimum atomic E-state index is -2.41. The lowest BCUT2D eigenvalue weighted by molar-refractivity contribution is 0.0130. The fraction of sp³-hybridized carbons (Fsp3) is 1.00. The summed E-state index contributed by atoms with van der Waals surface area (Å²) in [6.07, 6.45) is -1.87. The molecule has 0 aromatic rings. The average molecular weight is 183 g/mol. The number of alkyl halides is 2. The fourth-order valence-corrected chi connectivity index (χ4v) is 0.725. The molecule has 0 aliphatic carbocycles. The van der Waals surface area contributed by atoms with E-state index < -0.39 is 13.0 Å². The second kappa shape index (κ2) is 7.39. The molecular formula is C7H15F2NO2. The maximum absolute atomic E-state index is 11.5. The second-order valence-corrected chi connectivity index (χ2v) is 2.42. The van der Waals surface area contributed by atoms with E-state index in [1.165, 1.54) is 0 Å². The summed E-state index contributed by atoms with van der Waals surface area (Å²) >= 11 is 0. The van der Waals surface area contributed by atoms with Gasteiger partial charge in [-0.1, -0.05) is 0 Å². The van der Waals surface area contributed by atoms with Crippen molar-refractivity contribution in [2.45, 2.75) is 18.9 Å². The van der Waals surface area contributed by atoms with Crippen LogP contribution in [0, 0.1) is 0 Å². The maximum Gasteiger partial charge on any atom is 0.261 e. The van der Waals surface area contributed by atoms with E-state index in [9.17, 15) is 8.78 Å². The van der Waals surface area contributed by atoms with Crippen molar-refractivity contribution in [1.82, 2.24) is 5.32 Å². The predicted molar refractivity (Wildman–Crippen MR) is 41.4 cm³/mol. The van der Waals surface area contributed by atoms with Crippen molar-refractivity contribution < 1.29 is 18.6 Å². The lowest BCUT2D eigenvalue weighted by Gasteiger charge is -2.12. The fourth-order valence-electron chi connectivity index (χ4n) is 0.725. The van der Waals surface area contributed by atoms with Gasteiger partial charge in [-0.15, -0.1) is 0 Å². The summed E-state index contributed by atoms with van der Waals surface area (Å²) in [4.78, 5) is 0. The standard InChI is InChI=1S/C7H15F2NO2/c1-10-6(4-11)2-3-12-5-7(8)9/h6-7,10-11H,2-5H2,1H3. The SMILES string of the molecule is CNC(CO)CCOCC(F)F. The van der Waals surface area contributed by atoms with Crippen LogP contribution in [0.5, 0.6) is 0 Å². The number of ether oxygens (including phenoxy) is 1. The molecule has 0 heterocycles. The summed E-state index contributed by atoms with van der Waals surface area (Å²) in [7, 11) is 1.70. The molecule has 12 heavy (non-hydrogen) atoms. The van der Waals surface area contributed by atoms with Crippen LogP contribution in [0.4, 0.5) is 8.78 Å². The third-order valence-electron chi connectivity index (χ3n) is 1.48. The first-order valence-corrected chi connectivity index (χ1v) is 3.84. The quantitative estimate of drug-likeness (QED) is 0.555. The summed E-state index contributed by atoms with van der Waals surface area (Å²) in [5, 5.41) is 11.5. The van der Waals surface area contributed by atoms with Crippen LogP contribution in [0.2, 0.25) is 0 Å². The summed E-state index contributed by atoms with van der Waals surface area (Å²) in [6, 6.07) is -0.0670. The van der Waals surface area contributed by atoms with Crippen LogP contribution in [0.25, 0.3) is 0 Å². The van der Waals surface area contributed by atoms with Crippen LogP contribution in [-0.4, -0.2) is 44.4 Å². The Morgan fingerprint density at radius 1 is 1.50 bits per heavy atom. The molecule has 2 N–H and O–H groups in total. The Morgan fingerprint density at radius 3 is 2.58 bits per heavy atom. The molecule has 0 amide bonds. The zero-order valence-corrected chi connectivity index (χ0v) is 7.09. The van der Waals surface area contributed by atoms with Crippen molar-refractivity contribution in [2.75, 3.05) is 26.9 Å². The average Bonchev–Trinajstić information content (AvgIpc) is 2.04. The summed E-state index contributed by atoms with van der Waals surface area (Å²) < 4.78 is 27.7. The number of hydrogen-bond donors (Lipinski definition) is 2. The highest BCUT2D eigenvalue weighted by Crippen LogP contribution is 1.95. The molecule has 0 aliphatic heterocycles.